The van der Waals surface area contributed by atoms with Crippen LogP contribution in [0.1, 0.15) is 38.1 Å². The number of nitrogens with two attached hydrogens (primary N) is 1. The maximum absolute atomic E-state index is 13.9. The maximum Gasteiger partial charge on any atom is 0.261 e. The van der Waals surface area contributed by atoms with Gasteiger partial charge in [0.1, 0.15) is 11.3 Å². The Morgan fingerprint density at radius 2 is 1.94 bits per heavy atom. The van der Waals surface area contributed by atoms with Crippen molar-refractivity contribution in [3.05, 3.63) is 46.3 Å². The molecule has 2 aromatic heterocycles. The minimum Gasteiger partial charge on any atom is -0.367 e. The molecule has 0 radical (unpaired) electrons. The summed E-state index contributed by atoms with van der Waals surface area (Å²) in [5.41, 5.74) is 1.64. The van der Waals surface area contributed by atoms with E-state index in [2.05, 4.69) is 35.8 Å². The van der Waals surface area contributed by atoms with E-state index in [1.165, 1.54) is 6.07 Å². The highest BCUT2D eigenvalue weighted by Gasteiger charge is 2.43. The minimum absolute atomic E-state index is 0.0706. The Labute approximate surface area is 199 Å². The van der Waals surface area contributed by atoms with Crippen molar-refractivity contribution >= 4 is 26.6 Å². The van der Waals surface area contributed by atoms with Crippen molar-refractivity contribution in [2.45, 2.75) is 49.6 Å². The monoisotopic (exact) mass is 485 g/mol. The molecule has 34 heavy (non-hydrogen) atoms. The molecule has 2 fully saturated rings. The van der Waals surface area contributed by atoms with Crippen LogP contribution in [0.2, 0.25) is 0 Å². The van der Waals surface area contributed by atoms with Gasteiger partial charge in [-0.3, -0.25) is 14.0 Å². The standard InChI is InChI=1S/C23H31N7O3S/c1-15-12-29(8-7-27(15)3)19-10-17(34(24,32)33)9-18-20(19)26-22(23(2)5-6-23)30(21(18)31)14-16-11-25-28(4)13-16/h9-11,13,15H,5-8,12,14H2,1-4H3,(H2,24,32,33). The summed E-state index contributed by atoms with van der Waals surface area (Å²) in [7, 11) is -0.117. The fourth-order valence-electron chi connectivity index (χ4n) is 4.71. The van der Waals surface area contributed by atoms with Crippen molar-refractivity contribution in [3.8, 4) is 0 Å². The van der Waals surface area contributed by atoms with Gasteiger partial charge in [-0.2, -0.15) is 5.10 Å². The number of rotatable bonds is 5. The summed E-state index contributed by atoms with van der Waals surface area (Å²) in [6, 6.07) is 3.22. The fourth-order valence-corrected chi connectivity index (χ4v) is 5.27. The summed E-state index contributed by atoms with van der Waals surface area (Å²) in [6.45, 7) is 6.80. The van der Waals surface area contributed by atoms with E-state index in [0.717, 1.165) is 30.8 Å². The Morgan fingerprint density at radius 3 is 2.53 bits per heavy atom. The zero-order chi connectivity index (χ0) is 24.4. The van der Waals surface area contributed by atoms with Crippen LogP contribution in [0.5, 0.6) is 0 Å². The molecule has 0 bridgehead atoms. The summed E-state index contributed by atoms with van der Waals surface area (Å²) in [5.74, 6) is 0.737. The summed E-state index contributed by atoms with van der Waals surface area (Å²) < 4.78 is 28.1. The number of hydrogen-bond donors (Lipinski definition) is 1. The molecule has 0 spiro atoms. The molecule has 1 saturated heterocycles. The Bertz CT molecular complexity index is 1440. The molecule has 5 rings (SSSR count). The number of sulfonamides is 1. The van der Waals surface area contributed by atoms with Gasteiger partial charge in [-0.1, -0.05) is 6.92 Å². The first-order valence-corrected chi connectivity index (χ1v) is 13.1. The molecule has 2 aliphatic rings. The van der Waals surface area contributed by atoms with Crippen molar-refractivity contribution in [2.75, 3.05) is 31.6 Å². The average Bonchev–Trinajstić information content (AvgIpc) is 3.39. The first kappa shape index (κ1) is 23.0. The van der Waals surface area contributed by atoms with Crippen molar-refractivity contribution < 1.29 is 8.42 Å². The highest BCUT2D eigenvalue weighted by atomic mass is 32.2. The first-order valence-electron chi connectivity index (χ1n) is 11.5. The van der Waals surface area contributed by atoms with E-state index in [-0.39, 0.29) is 27.3 Å². The molecule has 11 heteroatoms. The number of primary sulfonamides is 1. The molecule has 3 heterocycles. The number of nitrogens with zero attached hydrogens (tertiary/aromatic N) is 6. The summed E-state index contributed by atoms with van der Waals surface area (Å²) in [6.07, 6.45) is 5.50. The number of anilines is 1. The summed E-state index contributed by atoms with van der Waals surface area (Å²) in [5, 5.41) is 10.0. The van der Waals surface area contributed by atoms with Gasteiger partial charge in [-0.05, 0) is 38.9 Å². The Kier molecular flexibility index (Phi) is 5.34. The lowest BCUT2D eigenvalue weighted by atomic mass is 10.1. The number of fused-ring (bicyclic) bond motifs is 1. The van der Waals surface area contributed by atoms with E-state index < -0.39 is 10.0 Å². The molecule has 3 aromatic rings. The molecule has 2 N–H and O–H groups in total. The lowest BCUT2D eigenvalue weighted by Gasteiger charge is -2.39. The molecule has 0 amide bonds. The number of aryl methyl sites for hydroxylation is 1. The third-order valence-corrected chi connectivity index (χ3v) is 8.17. The van der Waals surface area contributed by atoms with Gasteiger partial charge in [-0.25, -0.2) is 18.5 Å². The lowest BCUT2D eigenvalue weighted by molar-refractivity contribution is 0.234. The second-order valence-electron chi connectivity index (χ2n) is 10.1. The van der Waals surface area contributed by atoms with Gasteiger partial charge in [0, 0.05) is 49.9 Å². The third-order valence-electron chi connectivity index (χ3n) is 7.28. The Morgan fingerprint density at radius 1 is 1.21 bits per heavy atom. The van der Waals surface area contributed by atoms with Gasteiger partial charge in [0.15, 0.2) is 0 Å². The lowest BCUT2D eigenvalue weighted by Crippen LogP contribution is -2.50. The van der Waals surface area contributed by atoms with E-state index in [9.17, 15) is 13.2 Å². The van der Waals surface area contributed by atoms with E-state index in [4.69, 9.17) is 10.1 Å². The van der Waals surface area contributed by atoms with Crippen LogP contribution in [0.4, 0.5) is 5.69 Å². The van der Waals surface area contributed by atoms with Gasteiger partial charge in [0.2, 0.25) is 10.0 Å². The van der Waals surface area contributed by atoms with Gasteiger partial charge in [0.05, 0.1) is 28.7 Å². The first-order chi connectivity index (χ1) is 16.0. The fraction of sp³-hybridized carbons (Fsp3) is 0.522. The number of hydrogen-bond acceptors (Lipinski definition) is 7. The summed E-state index contributed by atoms with van der Waals surface area (Å²) in [4.78, 5) is 23.3. The Balaban J connectivity index is 1.77. The Hall–Kier alpha value is -2.76. The second-order valence-corrected chi connectivity index (χ2v) is 11.6. The molecule has 1 aromatic carbocycles. The van der Waals surface area contributed by atoms with Crippen molar-refractivity contribution in [1.29, 1.82) is 0 Å². The highest BCUT2D eigenvalue weighted by molar-refractivity contribution is 7.89. The molecule has 1 unspecified atom stereocenters. The molecule has 1 aliphatic carbocycles. The number of aromatic nitrogens is 4. The van der Waals surface area contributed by atoms with Crippen LogP contribution >= 0.6 is 0 Å². The topological polar surface area (TPSA) is 119 Å². The van der Waals surface area contributed by atoms with E-state index in [1.54, 1.807) is 21.5 Å². The number of benzene rings is 1. The third kappa shape index (κ3) is 4.01. The van der Waals surface area contributed by atoms with Crippen molar-refractivity contribution in [3.63, 3.8) is 0 Å². The number of piperazine rings is 1. The predicted octanol–water partition coefficient (Wildman–Crippen LogP) is 1.02. The van der Waals surface area contributed by atoms with Gasteiger partial charge in [-0.15, -0.1) is 0 Å². The predicted molar refractivity (Wildman–Crippen MR) is 131 cm³/mol. The van der Waals surface area contributed by atoms with Gasteiger partial charge in [0.25, 0.3) is 5.56 Å². The quantitative estimate of drug-likeness (QED) is 0.573. The molecule has 10 nitrogen and oxygen atoms in total. The smallest absolute Gasteiger partial charge is 0.261 e. The summed E-state index contributed by atoms with van der Waals surface area (Å²) >= 11 is 0. The second kappa shape index (κ2) is 7.89. The van der Waals surface area contributed by atoms with E-state index in [0.29, 0.717) is 30.8 Å². The molecule has 1 saturated carbocycles. The minimum atomic E-state index is -4.02. The molecule has 182 valence electrons. The van der Waals surface area contributed by atoms with Gasteiger partial charge >= 0.3 is 0 Å². The SMILES string of the molecule is CC1CN(c2cc(S(N)(=O)=O)cc3c(=O)n(Cc4cnn(C)c4)c(C4(C)CC4)nc23)CCN1C. The number of likely N-dealkylation sites (N-methyl/N-ethyl adjacent to an activating group) is 1. The molecule has 1 atom stereocenters. The van der Waals surface area contributed by atoms with Crippen LogP contribution in [0.25, 0.3) is 10.9 Å². The maximum atomic E-state index is 13.9. The molecule has 1 aliphatic heterocycles. The van der Waals surface area contributed by atoms with Crippen molar-refractivity contribution in [2.24, 2.45) is 12.2 Å². The van der Waals surface area contributed by atoms with Crippen LogP contribution in [0, 0.1) is 0 Å². The van der Waals surface area contributed by atoms with E-state index in [1.807, 2.05) is 13.2 Å². The normalized spacial score (nSPS) is 20.7. The highest BCUT2D eigenvalue weighted by Crippen LogP contribution is 2.47. The zero-order valence-electron chi connectivity index (χ0n) is 20.0. The van der Waals surface area contributed by atoms with Gasteiger partial charge < -0.3 is 9.80 Å². The largest absolute Gasteiger partial charge is 0.367 e. The van der Waals surface area contributed by atoms with Crippen LogP contribution in [-0.2, 0) is 29.0 Å². The van der Waals surface area contributed by atoms with Crippen LogP contribution in [-0.4, -0.2) is 65.4 Å². The van der Waals surface area contributed by atoms with E-state index >= 15 is 0 Å². The molecular weight excluding hydrogens is 454 g/mol. The van der Waals surface area contributed by atoms with Crippen LogP contribution in [0.3, 0.4) is 0 Å². The van der Waals surface area contributed by atoms with Crippen LogP contribution < -0.4 is 15.6 Å². The molecular formula is C23H31N7O3S. The van der Waals surface area contributed by atoms with Crippen molar-refractivity contribution in [1.82, 2.24) is 24.2 Å². The zero-order valence-corrected chi connectivity index (χ0v) is 20.8. The average molecular weight is 486 g/mol. The van der Waals surface area contributed by atoms with Crippen LogP contribution in [0.15, 0.2) is 34.2 Å².